The smallest absolute Gasteiger partial charge is 0.410 e. The fraction of sp³-hybridized carbons (Fsp3) is 0.647. The van der Waals surface area contributed by atoms with E-state index in [-0.39, 0.29) is 17.7 Å². The molecule has 0 spiro atoms. The number of carbonyl (C=O) groups is 2. The predicted octanol–water partition coefficient (Wildman–Crippen LogP) is 1.96. The zero-order valence-electron chi connectivity index (χ0n) is 15.7. The summed E-state index contributed by atoms with van der Waals surface area (Å²) in [6, 6.07) is 1.51. The number of rotatable bonds is 2. The van der Waals surface area contributed by atoms with Crippen molar-refractivity contribution >= 4 is 12.0 Å². The second kappa shape index (κ2) is 6.85. The number of piperazine rings is 1. The van der Waals surface area contributed by atoms with Crippen molar-refractivity contribution in [2.75, 3.05) is 26.7 Å². The third-order valence-corrected chi connectivity index (χ3v) is 3.87. The van der Waals surface area contributed by atoms with Gasteiger partial charge in [-0.3, -0.25) is 4.79 Å². The lowest BCUT2D eigenvalue weighted by atomic mass is 9.98. The van der Waals surface area contributed by atoms with Crippen LogP contribution in [0.2, 0.25) is 0 Å². The summed E-state index contributed by atoms with van der Waals surface area (Å²) in [7, 11) is 1.49. The molecule has 0 radical (unpaired) electrons. The van der Waals surface area contributed by atoms with Crippen molar-refractivity contribution in [3.8, 4) is 5.88 Å². The maximum absolute atomic E-state index is 12.8. The highest BCUT2D eigenvalue weighted by Crippen LogP contribution is 2.24. The molecule has 1 aromatic heterocycles. The molecule has 8 heteroatoms. The van der Waals surface area contributed by atoms with E-state index in [4.69, 9.17) is 9.47 Å². The van der Waals surface area contributed by atoms with Crippen molar-refractivity contribution in [1.29, 1.82) is 0 Å². The number of aromatic nitrogens is 2. The van der Waals surface area contributed by atoms with Crippen molar-refractivity contribution < 1.29 is 19.1 Å². The first-order valence-electron chi connectivity index (χ1n) is 8.19. The zero-order valence-corrected chi connectivity index (χ0v) is 15.7. The average Bonchev–Trinajstić information content (AvgIpc) is 2.51. The number of methoxy groups -OCH3 is 1. The Morgan fingerprint density at radius 3 is 2.44 bits per heavy atom. The van der Waals surface area contributed by atoms with Gasteiger partial charge in [0.25, 0.3) is 5.91 Å². The second-order valence-electron chi connectivity index (χ2n) is 7.62. The van der Waals surface area contributed by atoms with Crippen LogP contribution in [0.4, 0.5) is 4.79 Å². The van der Waals surface area contributed by atoms with Gasteiger partial charge in [-0.25, -0.2) is 14.8 Å². The standard InChI is InChI=1S/C17H26N4O4/c1-16(2,3)25-15(23)20-7-8-21(17(4,5)10-20)14(22)12-9-13(24-6)19-11-18-12/h9,11H,7-8,10H2,1-6H3. The zero-order chi connectivity index (χ0) is 18.8. The number of ether oxygens (including phenoxy) is 2. The van der Waals surface area contributed by atoms with Crippen LogP contribution in [0.15, 0.2) is 12.4 Å². The summed E-state index contributed by atoms with van der Waals surface area (Å²) in [6.45, 7) is 10.5. The Bertz CT molecular complexity index is 654. The predicted molar refractivity (Wildman–Crippen MR) is 91.5 cm³/mol. The molecule has 0 bridgehead atoms. The van der Waals surface area contributed by atoms with E-state index in [0.717, 1.165) is 0 Å². The summed E-state index contributed by atoms with van der Waals surface area (Å²) in [5.41, 5.74) is -0.832. The summed E-state index contributed by atoms with van der Waals surface area (Å²) in [5, 5.41) is 0. The van der Waals surface area contributed by atoms with E-state index in [1.54, 1.807) is 9.80 Å². The minimum atomic E-state index is -0.551. The molecule has 8 nitrogen and oxygen atoms in total. The first-order valence-corrected chi connectivity index (χ1v) is 8.19. The number of hydrogen-bond acceptors (Lipinski definition) is 6. The van der Waals surface area contributed by atoms with Gasteiger partial charge in [-0.2, -0.15) is 0 Å². The van der Waals surface area contributed by atoms with Crippen molar-refractivity contribution in [3.05, 3.63) is 18.1 Å². The summed E-state index contributed by atoms with van der Waals surface area (Å²) in [5.74, 6) is 0.123. The average molecular weight is 350 g/mol. The number of amides is 2. The maximum atomic E-state index is 12.8. The van der Waals surface area contributed by atoms with Crippen molar-refractivity contribution in [1.82, 2.24) is 19.8 Å². The Morgan fingerprint density at radius 1 is 1.20 bits per heavy atom. The Kier molecular flexibility index (Phi) is 5.20. The van der Waals surface area contributed by atoms with Gasteiger partial charge < -0.3 is 19.3 Å². The molecule has 0 atom stereocenters. The molecule has 0 saturated carbocycles. The molecular formula is C17H26N4O4. The monoisotopic (exact) mass is 350 g/mol. The van der Waals surface area contributed by atoms with Crippen LogP contribution >= 0.6 is 0 Å². The second-order valence-corrected chi connectivity index (χ2v) is 7.62. The van der Waals surface area contributed by atoms with Crippen LogP contribution in [0.5, 0.6) is 5.88 Å². The molecule has 0 N–H and O–H groups in total. The summed E-state index contributed by atoms with van der Waals surface area (Å²) < 4.78 is 10.5. The topological polar surface area (TPSA) is 84.9 Å². The van der Waals surface area contributed by atoms with Gasteiger partial charge in [0.1, 0.15) is 17.6 Å². The highest BCUT2D eigenvalue weighted by Gasteiger charge is 2.40. The Labute approximate surface area is 148 Å². The fourth-order valence-corrected chi connectivity index (χ4v) is 2.72. The Hall–Kier alpha value is -2.38. The molecule has 1 aliphatic rings. The van der Waals surface area contributed by atoms with Crippen LogP contribution in [0, 0.1) is 0 Å². The van der Waals surface area contributed by atoms with Gasteiger partial charge in [0, 0.05) is 25.7 Å². The van der Waals surface area contributed by atoms with Gasteiger partial charge in [-0.05, 0) is 34.6 Å². The van der Waals surface area contributed by atoms with E-state index in [9.17, 15) is 9.59 Å². The van der Waals surface area contributed by atoms with Crippen LogP contribution in [-0.2, 0) is 4.74 Å². The first-order chi connectivity index (χ1) is 11.5. The molecule has 1 aliphatic heterocycles. The molecule has 25 heavy (non-hydrogen) atoms. The molecule has 0 aliphatic carbocycles. The van der Waals surface area contributed by atoms with E-state index in [0.29, 0.717) is 25.5 Å². The maximum Gasteiger partial charge on any atom is 0.410 e. The molecule has 138 valence electrons. The van der Waals surface area contributed by atoms with E-state index in [1.807, 2.05) is 34.6 Å². The van der Waals surface area contributed by atoms with Crippen LogP contribution in [-0.4, -0.2) is 69.7 Å². The minimum absolute atomic E-state index is 0.213. The molecule has 0 aromatic carbocycles. The van der Waals surface area contributed by atoms with Gasteiger partial charge in [-0.1, -0.05) is 0 Å². The number of nitrogens with zero attached hydrogens (tertiary/aromatic N) is 4. The van der Waals surface area contributed by atoms with Gasteiger partial charge in [0.05, 0.1) is 12.6 Å². The van der Waals surface area contributed by atoms with Crippen molar-refractivity contribution in [2.45, 2.75) is 45.8 Å². The number of carbonyl (C=O) groups excluding carboxylic acids is 2. The summed E-state index contributed by atoms with van der Waals surface area (Å²) in [4.78, 5) is 36.4. The Morgan fingerprint density at radius 2 is 1.88 bits per heavy atom. The summed E-state index contributed by atoms with van der Waals surface area (Å²) in [6.07, 6.45) is 0.937. The van der Waals surface area contributed by atoms with E-state index < -0.39 is 11.1 Å². The normalized spacial score (nSPS) is 17.2. The van der Waals surface area contributed by atoms with Gasteiger partial charge in [-0.15, -0.1) is 0 Å². The van der Waals surface area contributed by atoms with E-state index in [2.05, 4.69) is 9.97 Å². The van der Waals surface area contributed by atoms with Crippen molar-refractivity contribution in [2.24, 2.45) is 0 Å². The fourth-order valence-electron chi connectivity index (χ4n) is 2.72. The largest absolute Gasteiger partial charge is 0.481 e. The van der Waals surface area contributed by atoms with Crippen LogP contribution < -0.4 is 4.74 Å². The minimum Gasteiger partial charge on any atom is -0.481 e. The van der Waals surface area contributed by atoms with E-state index >= 15 is 0 Å². The highest BCUT2D eigenvalue weighted by molar-refractivity contribution is 5.93. The van der Waals surface area contributed by atoms with Crippen LogP contribution in [0.1, 0.15) is 45.1 Å². The summed E-state index contributed by atoms with van der Waals surface area (Å²) >= 11 is 0. The molecular weight excluding hydrogens is 324 g/mol. The van der Waals surface area contributed by atoms with Crippen molar-refractivity contribution in [3.63, 3.8) is 0 Å². The third kappa shape index (κ3) is 4.58. The molecule has 1 saturated heterocycles. The lowest BCUT2D eigenvalue weighted by Crippen LogP contribution is -2.62. The van der Waals surface area contributed by atoms with Crippen LogP contribution in [0.3, 0.4) is 0 Å². The van der Waals surface area contributed by atoms with Gasteiger partial charge in [0.2, 0.25) is 5.88 Å². The third-order valence-electron chi connectivity index (χ3n) is 3.87. The molecule has 2 heterocycles. The number of hydrogen-bond donors (Lipinski definition) is 0. The molecule has 0 unspecified atom stereocenters. The lowest BCUT2D eigenvalue weighted by molar-refractivity contribution is -0.0110. The molecule has 2 rings (SSSR count). The SMILES string of the molecule is COc1cc(C(=O)N2CCN(C(=O)OC(C)(C)C)CC2(C)C)ncn1. The highest BCUT2D eigenvalue weighted by atomic mass is 16.6. The van der Waals surface area contributed by atoms with Gasteiger partial charge >= 0.3 is 6.09 Å². The molecule has 1 aromatic rings. The van der Waals surface area contributed by atoms with E-state index in [1.165, 1.54) is 19.5 Å². The quantitative estimate of drug-likeness (QED) is 0.810. The lowest BCUT2D eigenvalue weighted by Gasteiger charge is -2.46. The molecule has 2 amide bonds. The van der Waals surface area contributed by atoms with Crippen LogP contribution in [0.25, 0.3) is 0 Å². The molecule has 1 fully saturated rings. The first kappa shape index (κ1) is 19.0. The van der Waals surface area contributed by atoms with Gasteiger partial charge in [0.15, 0.2) is 0 Å². The Balaban J connectivity index is 2.12.